The molecule has 2 aromatic carbocycles. The summed E-state index contributed by atoms with van der Waals surface area (Å²) < 4.78 is 38.9. The summed E-state index contributed by atoms with van der Waals surface area (Å²) in [4.78, 5) is 28.4. The maximum absolute atomic E-state index is 13.6. The zero-order valence-electron chi connectivity index (χ0n) is 25.4. The lowest BCUT2D eigenvalue weighted by atomic mass is 9.97. The molecule has 2 aromatic rings. The van der Waals surface area contributed by atoms with Crippen LogP contribution in [0.4, 0.5) is 4.79 Å². The van der Waals surface area contributed by atoms with Crippen molar-refractivity contribution in [1.29, 1.82) is 0 Å². The van der Waals surface area contributed by atoms with Crippen molar-refractivity contribution in [3.63, 3.8) is 0 Å². The number of benzene rings is 2. The SMILES string of the molecule is COc1cc(/C=C2/CN(C(=O)OC(C)C)C(Cc3cc(OC)c(OC)c(C)c3OC)C(=O)N2)c(OC)c(C)c1OC. The molecule has 2 amide bonds. The number of ether oxygens (including phenoxy) is 7. The molecule has 1 saturated heterocycles. The van der Waals surface area contributed by atoms with Crippen LogP contribution in [-0.2, 0) is 16.0 Å². The summed E-state index contributed by atoms with van der Waals surface area (Å²) in [5.41, 5.74) is 3.24. The van der Waals surface area contributed by atoms with E-state index >= 15 is 0 Å². The summed E-state index contributed by atoms with van der Waals surface area (Å²) >= 11 is 0. The first-order chi connectivity index (χ1) is 19.5. The smallest absolute Gasteiger partial charge is 0.411 e. The number of methoxy groups -OCH3 is 6. The number of nitrogens with one attached hydrogen (secondary N) is 1. The van der Waals surface area contributed by atoms with Crippen molar-refractivity contribution in [1.82, 2.24) is 10.2 Å². The molecule has 1 unspecified atom stereocenters. The number of carbonyl (C=O) groups is 2. The molecule has 0 bridgehead atoms. The average Bonchev–Trinajstić information content (AvgIpc) is 2.93. The van der Waals surface area contributed by atoms with Gasteiger partial charge in [0.25, 0.3) is 0 Å². The quantitative estimate of drug-likeness (QED) is 0.446. The van der Waals surface area contributed by atoms with Gasteiger partial charge in [0.15, 0.2) is 23.0 Å². The van der Waals surface area contributed by atoms with E-state index in [1.807, 2.05) is 13.8 Å². The fourth-order valence-corrected chi connectivity index (χ4v) is 5.08. The number of hydrogen-bond donors (Lipinski definition) is 1. The summed E-state index contributed by atoms with van der Waals surface area (Å²) in [5.74, 6) is 2.78. The first kappa shape index (κ1) is 31.3. The van der Waals surface area contributed by atoms with Crippen LogP contribution >= 0.6 is 0 Å². The minimum Gasteiger partial charge on any atom is -0.496 e. The van der Waals surface area contributed by atoms with Crippen molar-refractivity contribution >= 4 is 18.1 Å². The van der Waals surface area contributed by atoms with Gasteiger partial charge in [-0.1, -0.05) is 0 Å². The Morgan fingerprint density at radius 2 is 1.41 bits per heavy atom. The van der Waals surface area contributed by atoms with Crippen LogP contribution < -0.4 is 33.7 Å². The first-order valence-corrected chi connectivity index (χ1v) is 13.1. The molecular weight excluding hydrogens is 532 g/mol. The third-order valence-electron chi connectivity index (χ3n) is 6.83. The van der Waals surface area contributed by atoms with Crippen LogP contribution in [-0.4, -0.2) is 78.2 Å². The van der Waals surface area contributed by atoms with E-state index in [4.69, 9.17) is 33.2 Å². The van der Waals surface area contributed by atoms with E-state index in [0.717, 1.165) is 5.56 Å². The van der Waals surface area contributed by atoms with Crippen LogP contribution in [0.15, 0.2) is 17.8 Å². The van der Waals surface area contributed by atoms with Crippen molar-refractivity contribution in [3.8, 4) is 34.5 Å². The second kappa shape index (κ2) is 13.4. The van der Waals surface area contributed by atoms with Crippen molar-refractivity contribution in [2.24, 2.45) is 0 Å². The molecule has 11 heteroatoms. The minimum atomic E-state index is -0.890. The Balaban J connectivity index is 2.08. The Bertz CT molecular complexity index is 1320. The Morgan fingerprint density at radius 1 is 0.878 bits per heavy atom. The van der Waals surface area contributed by atoms with Gasteiger partial charge in [-0.2, -0.15) is 0 Å². The lowest BCUT2D eigenvalue weighted by Gasteiger charge is -2.36. The van der Waals surface area contributed by atoms with Gasteiger partial charge in [-0.05, 0) is 45.9 Å². The fraction of sp³-hybridized carbons (Fsp3) is 0.467. The summed E-state index contributed by atoms with van der Waals surface area (Å²) in [7, 11) is 9.28. The molecule has 1 aliphatic heterocycles. The molecule has 0 aromatic heterocycles. The largest absolute Gasteiger partial charge is 0.496 e. The molecule has 0 radical (unpaired) electrons. The normalized spacial score (nSPS) is 15.9. The van der Waals surface area contributed by atoms with Crippen LogP contribution in [0.2, 0.25) is 0 Å². The van der Waals surface area contributed by atoms with E-state index in [9.17, 15) is 9.59 Å². The zero-order valence-corrected chi connectivity index (χ0v) is 25.4. The molecule has 0 spiro atoms. The van der Waals surface area contributed by atoms with Gasteiger partial charge in [0, 0.05) is 34.4 Å². The molecule has 1 atom stereocenters. The van der Waals surface area contributed by atoms with E-state index in [1.165, 1.54) is 12.0 Å². The fourth-order valence-electron chi connectivity index (χ4n) is 5.08. The predicted octanol–water partition coefficient (Wildman–Crippen LogP) is 4.28. The highest BCUT2D eigenvalue weighted by Gasteiger charge is 2.38. The van der Waals surface area contributed by atoms with Crippen molar-refractivity contribution in [3.05, 3.63) is 40.1 Å². The number of rotatable bonds is 10. The lowest BCUT2D eigenvalue weighted by molar-refractivity contribution is -0.127. The third-order valence-corrected chi connectivity index (χ3v) is 6.83. The van der Waals surface area contributed by atoms with E-state index in [0.29, 0.717) is 56.9 Å². The number of hydrogen-bond acceptors (Lipinski definition) is 9. The van der Waals surface area contributed by atoms with E-state index < -0.39 is 12.1 Å². The van der Waals surface area contributed by atoms with Gasteiger partial charge in [0.2, 0.25) is 5.91 Å². The molecule has 0 aliphatic carbocycles. The molecular formula is C30H40N2O9. The summed E-state index contributed by atoms with van der Waals surface area (Å²) in [5, 5.41) is 2.96. The van der Waals surface area contributed by atoms with E-state index in [2.05, 4.69) is 5.32 Å². The molecule has 1 N–H and O–H groups in total. The number of nitrogens with zero attached hydrogens (tertiary/aromatic N) is 1. The summed E-state index contributed by atoms with van der Waals surface area (Å²) in [6.07, 6.45) is 0.901. The zero-order chi connectivity index (χ0) is 30.4. The molecule has 0 saturated carbocycles. The van der Waals surface area contributed by atoms with Gasteiger partial charge in [0.1, 0.15) is 17.5 Å². The molecule has 1 aliphatic rings. The molecule has 1 heterocycles. The molecule has 11 nitrogen and oxygen atoms in total. The molecule has 224 valence electrons. The number of carbonyl (C=O) groups excluding carboxylic acids is 2. The molecule has 1 fully saturated rings. The average molecular weight is 573 g/mol. The third kappa shape index (κ3) is 6.39. The van der Waals surface area contributed by atoms with E-state index in [1.54, 1.807) is 67.6 Å². The summed E-state index contributed by atoms with van der Waals surface area (Å²) in [6.45, 7) is 7.28. The molecule has 41 heavy (non-hydrogen) atoms. The lowest BCUT2D eigenvalue weighted by Crippen LogP contribution is -2.57. The van der Waals surface area contributed by atoms with Crippen LogP contribution in [0.3, 0.4) is 0 Å². The van der Waals surface area contributed by atoms with Crippen LogP contribution in [0.1, 0.15) is 36.1 Å². The minimum absolute atomic E-state index is 0.0765. The maximum atomic E-state index is 13.6. The highest BCUT2D eigenvalue weighted by Crippen LogP contribution is 2.42. The Morgan fingerprint density at radius 3 is 1.93 bits per heavy atom. The second-order valence-electron chi connectivity index (χ2n) is 9.73. The van der Waals surface area contributed by atoms with Crippen LogP contribution in [0.5, 0.6) is 34.5 Å². The van der Waals surface area contributed by atoms with Crippen molar-refractivity contribution < 1.29 is 42.7 Å². The summed E-state index contributed by atoms with van der Waals surface area (Å²) in [6, 6.07) is 2.62. The monoisotopic (exact) mass is 572 g/mol. The van der Waals surface area contributed by atoms with Crippen LogP contribution in [0.25, 0.3) is 6.08 Å². The maximum Gasteiger partial charge on any atom is 0.411 e. The van der Waals surface area contributed by atoms with Gasteiger partial charge in [-0.3, -0.25) is 9.69 Å². The van der Waals surface area contributed by atoms with Gasteiger partial charge >= 0.3 is 6.09 Å². The van der Waals surface area contributed by atoms with Gasteiger partial charge in [-0.15, -0.1) is 0 Å². The van der Waals surface area contributed by atoms with Gasteiger partial charge < -0.3 is 38.5 Å². The van der Waals surface area contributed by atoms with Gasteiger partial charge in [-0.25, -0.2) is 4.79 Å². The Labute approximate surface area is 241 Å². The second-order valence-corrected chi connectivity index (χ2v) is 9.73. The first-order valence-electron chi connectivity index (χ1n) is 13.1. The standard InChI is InChI=1S/C30H40N2O9/c1-16(2)41-30(34)32-15-21(11-19-13-23(35-5)27(39-9)17(3)25(19)37-7)31-29(33)22(32)12-20-14-24(36-6)28(40-10)18(4)26(20)38-8/h11,13-14,16,22H,12,15H2,1-10H3,(H,31,33)/b21-11-. The van der Waals surface area contributed by atoms with E-state index in [-0.39, 0.29) is 25.0 Å². The van der Waals surface area contributed by atoms with Crippen LogP contribution in [0, 0.1) is 13.8 Å². The van der Waals surface area contributed by atoms with Gasteiger partial charge in [0.05, 0.1) is 55.3 Å². The Hall–Kier alpha value is -4.28. The van der Waals surface area contributed by atoms with Crippen molar-refractivity contribution in [2.45, 2.75) is 46.3 Å². The number of piperazine rings is 1. The predicted molar refractivity (Wildman–Crippen MR) is 154 cm³/mol. The Kier molecular flexibility index (Phi) is 10.2. The van der Waals surface area contributed by atoms with Crippen molar-refractivity contribution in [2.75, 3.05) is 49.2 Å². The topological polar surface area (TPSA) is 114 Å². The highest BCUT2D eigenvalue weighted by molar-refractivity contribution is 5.90. The highest BCUT2D eigenvalue weighted by atomic mass is 16.6. The molecule has 3 rings (SSSR count). The number of amides is 2.